The van der Waals surface area contributed by atoms with Gasteiger partial charge in [-0.2, -0.15) is 13.2 Å². The summed E-state index contributed by atoms with van der Waals surface area (Å²) in [6.45, 7) is 3.85. The summed E-state index contributed by atoms with van der Waals surface area (Å²) < 4.78 is 45.3. The largest absolute Gasteiger partial charge is 0.489 e. The van der Waals surface area contributed by atoms with Crippen LogP contribution in [-0.2, 0) is 32.0 Å². The number of fused-ring (bicyclic) bond motifs is 1. The first-order valence-corrected chi connectivity index (χ1v) is 17.1. The normalized spacial score (nSPS) is 14.4. The Morgan fingerprint density at radius 3 is 2.34 bits per heavy atom. The van der Waals surface area contributed by atoms with E-state index in [2.05, 4.69) is 23.1 Å². The lowest BCUT2D eigenvalue weighted by molar-refractivity contribution is -0.137. The van der Waals surface area contributed by atoms with Gasteiger partial charge in [0.05, 0.1) is 11.1 Å². The van der Waals surface area contributed by atoms with Crippen LogP contribution in [0.5, 0.6) is 5.75 Å². The number of aromatic carboxylic acids is 1. The molecule has 1 atom stereocenters. The molecule has 0 saturated heterocycles. The molecule has 1 aliphatic rings. The zero-order valence-corrected chi connectivity index (χ0v) is 28.5. The summed E-state index contributed by atoms with van der Waals surface area (Å²) in [5.74, 6) is -0.168. The summed E-state index contributed by atoms with van der Waals surface area (Å²) in [6.07, 6.45) is 0.221. The zero-order chi connectivity index (χ0) is 35.3. The van der Waals surface area contributed by atoms with Crippen LogP contribution in [-0.4, -0.2) is 34.0 Å². The molecule has 258 valence electrons. The highest BCUT2D eigenvalue weighted by Gasteiger charge is 2.30. The number of halogens is 4. The van der Waals surface area contributed by atoms with E-state index in [1.807, 2.05) is 49.4 Å². The number of para-hydroxylation sites is 1. The maximum Gasteiger partial charge on any atom is 0.416 e. The van der Waals surface area contributed by atoms with Gasteiger partial charge in [-0.05, 0) is 109 Å². The molecule has 0 radical (unpaired) electrons. The number of rotatable bonds is 12. The third-order valence-electron chi connectivity index (χ3n) is 9.35. The van der Waals surface area contributed by atoms with Crippen molar-refractivity contribution in [3.63, 3.8) is 0 Å². The number of ether oxygens (including phenoxy) is 1. The monoisotopic (exact) mass is 698 g/mol. The minimum absolute atomic E-state index is 0.222. The van der Waals surface area contributed by atoms with Gasteiger partial charge in [0.15, 0.2) is 0 Å². The summed E-state index contributed by atoms with van der Waals surface area (Å²) >= 11 is 6.64. The number of carbonyl (C=O) groups is 1. The van der Waals surface area contributed by atoms with E-state index in [0.717, 1.165) is 91.0 Å². The third-order valence-corrected chi connectivity index (χ3v) is 9.70. The second kappa shape index (κ2) is 15.5. The van der Waals surface area contributed by atoms with Crippen molar-refractivity contribution in [3.8, 4) is 16.9 Å². The summed E-state index contributed by atoms with van der Waals surface area (Å²) in [7, 11) is 0. The smallest absolute Gasteiger partial charge is 0.416 e. The molecule has 1 aliphatic carbocycles. The highest BCUT2D eigenvalue weighted by molar-refractivity contribution is 6.31. The minimum Gasteiger partial charge on any atom is -0.489 e. The molecule has 0 aliphatic heterocycles. The Bertz CT molecular complexity index is 1950. The molecule has 1 N–H and O–H groups in total. The van der Waals surface area contributed by atoms with Crippen LogP contribution in [0.25, 0.3) is 11.1 Å². The Morgan fingerprint density at radius 1 is 0.900 bits per heavy atom. The number of alkyl halides is 3. The first-order chi connectivity index (χ1) is 24.0. The van der Waals surface area contributed by atoms with Gasteiger partial charge in [0, 0.05) is 41.1 Å². The molecule has 0 amide bonds. The van der Waals surface area contributed by atoms with Gasteiger partial charge in [-0.3, -0.25) is 9.88 Å². The van der Waals surface area contributed by atoms with Crippen LogP contribution in [0.4, 0.5) is 13.2 Å². The molecule has 0 fully saturated rings. The number of carboxylic acid groups (broad SMARTS) is 1. The molecule has 4 aromatic carbocycles. The van der Waals surface area contributed by atoms with E-state index in [-0.39, 0.29) is 18.2 Å². The molecule has 0 bridgehead atoms. The van der Waals surface area contributed by atoms with Crippen molar-refractivity contribution >= 4 is 17.6 Å². The highest BCUT2D eigenvalue weighted by atomic mass is 35.5. The van der Waals surface area contributed by atoms with Crippen molar-refractivity contribution in [2.45, 2.75) is 57.9 Å². The third kappa shape index (κ3) is 8.55. The number of pyridine rings is 1. The van der Waals surface area contributed by atoms with E-state index in [1.54, 1.807) is 18.2 Å². The SMILES string of the molecule is Cc1ccc2c(n1)CCC[C@@H]2N(CCc1ccc(C(=O)O)cc1)CCc1ccccc1OCc1ccc(-c2ccc(C(F)(F)F)cc2)cc1Cl. The topological polar surface area (TPSA) is 62.7 Å². The number of nitrogens with zero attached hydrogens (tertiary/aromatic N) is 2. The molecular formula is C41H38ClF3N2O3. The molecule has 0 unspecified atom stereocenters. The van der Waals surface area contributed by atoms with Crippen LogP contribution in [0, 0.1) is 6.92 Å². The molecule has 5 aromatic rings. The van der Waals surface area contributed by atoms with Gasteiger partial charge in [0.1, 0.15) is 12.4 Å². The molecule has 0 spiro atoms. The van der Waals surface area contributed by atoms with Gasteiger partial charge < -0.3 is 9.84 Å². The van der Waals surface area contributed by atoms with Crippen molar-refractivity contribution < 1.29 is 27.8 Å². The van der Waals surface area contributed by atoms with Crippen LogP contribution in [0.1, 0.15) is 68.4 Å². The van der Waals surface area contributed by atoms with Crippen molar-refractivity contribution in [1.82, 2.24) is 9.88 Å². The fraction of sp³-hybridized carbons (Fsp3) is 0.268. The molecule has 1 heterocycles. The molecule has 0 saturated carbocycles. The van der Waals surface area contributed by atoms with E-state index < -0.39 is 17.7 Å². The lowest BCUT2D eigenvalue weighted by Crippen LogP contribution is -2.35. The Labute approximate surface area is 295 Å². The van der Waals surface area contributed by atoms with Crippen LogP contribution >= 0.6 is 11.6 Å². The van der Waals surface area contributed by atoms with E-state index in [0.29, 0.717) is 10.6 Å². The Hall–Kier alpha value is -4.66. The quantitative estimate of drug-likeness (QED) is 0.141. The molecule has 1 aromatic heterocycles. The molecule has 9 heteroatoms. The van der Waals surface area contributed by atoms with E-state index in [9.17, 15) is 23.1 Å². The first kappa shape index (κ1) is 35.2. The van der Waals surface area contributed by atoms with Crippen LogP contribution in [0.15, 0.2) is 103 Å². The molecule has 5 nitrogen and oxygen atoms in total. The Kier molecular flexibility index (Phi) is 10.9. The molecule has 50 heavy (non-hydrogen) atoms. The van der Waals surface area contributed by atoms with Crippen LogP contribution in [0.2, 0.25) is 5.02 Å². The number of benzene rings is 4. The van der Waals surface area contributed by atoms with Gasteiger partial charge in [-0.25, -0.2) is 4.79 Å². The van der Waals surface area contributed by atoms with E-state index >= 15 is 0 Å². The minimum atomic E-state index is -4.39. The average molecular weight is 699 g/mol. The Balaban J connectivity index is 1.16. The highest BCUT2D eigenvalue weighted by Crippen LogP contribution is 2.35. The Morgan fingerprint density at radius 2 is 1.62 bits per heavy atom. The van der Waals surface area contributed by atoms with Gasteiger partial charge in [-0.1, -0.05) is 72.3 Å². The number of aryl methyl sites for hydroxylation is 2. The van der Waals surface area contributed by atoms with Crippen LogP contribution in [0.3, 0.4) is 0 Å². The second-order valence-corrected chi connectivity index (χ2v) is 13.1. The average Bonchev–Trinajstić information content (AvgIpc) is 3.11. The van der Waals surface area contributed by atoms with Gasteiger partial charge in [0.2, 0.25) is 0 Å². The number of hydrogen-bond acceptors (Lipinski definition) is 4. The summed E-state index contributed by atoms with van der Waals surface area (Å²) in [6, 6.07) is 30.1. The van der Waals surface area contributed by atoms with Gasteiger partial charge in [-0.15, -0.1) is 0 Å². The predicted octanol–water partition coefficient (Wildman–Crippen LogP) is 10.2. The van der Waals surface area contributed by atoms with Crippen molar-refractivity contribution in [2.24, 2.45) is 0 Å². The van der Waals surface area contributed by atoms with E-state index in [4.69, 9.17) is 21.3 Å². The fourth-order valence-corrected chi connectivity index (χ4v) is 6.83. The second-order valence-electron chi connectivity index (χ2n) is 12.7. The number of aromatic nitrogens is 1. The summed E-state index contributed by atoms with van der Waals surface area (Å²) in [5, 5.41) is 9.79. The lowest BCUT2D eigenvalue weighted by atomic mass is 9.89. The number of carboxylic acids is 1. The standard InChI is InChI=1S/C41H38ClF3N2O3/c1-27-9-20-35-37(46-27)6-4-7-38(35)47(23-21-28-10-12-31(13-11-28)40(48)49)24-22-30-5-2-3-8-39(30)50-26-33-15-14-32(25-36(33)42)29-16-18-34(19-17-29)41(43,44)45/h2-3,5,8-20,25,38H,4,6-7,21-24,26H2,1H3,(H,48,49)/t38-/m0/s1. The number of hydrogen-bond donors (Lipinski definition) is 1. The lowest BCUT2D eigenvalue weighted by Gasteiger charge is -2.36. The maximum absolute atomic E-state index is 13.0. The van der Waals surface area contributed by atoms with Crippen molar-refractivity contribution in [1.29, 1.82) is 0 Å². The predicted molar refractivity (Wildman–Crippen MR) is 190 cm³/mol. The first-order valence-electron chi connectivity index (χ1n) is 16.7. The summed E-state index contributed by atoms with van der Waals surface area (Å²) in [5.41, 5.74) is 7.35. The van der Waals surface area contributed by atoms with Gasteiger partial charge in [0.25, 0.3) is 0 Å². The maximum atomic E-state index is 13.0. The van der Waals surface area contributed by atoms with E-state index in [1.165, 1.54) is 23.4 Å². The van der Waals surface area contributed by atoms with Crippen molar-refractivity contribution in [2.75, 3.05) is 13.1 Å². The fourth-order valence-electron chi connectivity index (χ4n) is 6.60. The van der Waals surface area contributed by atoms with Crippen molar-refractivity contribution in [3.05, 3.63) is 153 Å². The van der Waals surface area contributed by atoms with Gasteiger partial charge >= 0.3 is 12.1 Å². The summed E-state index contributed by atoms with van der Waals surface area (Å²) in [4.78, 5) is 18.7. The zero-order valence-electron chi connectivity index (χ0n) is 27.7. The van der Waals surface area contributed by atoms with Crippen LogP contribution < -0.4 is 4.74 Å². The molecule has 6 rings (SSSR count). The molecular weight excluding hydrogens is 661 g/mol.